The molecule has 6 nitrogen and oxygen atoms in total. The van der Waals surface area contributed by atoms with E-state index in [1.54, 1.807) is 42.6 Å². The normalized spacial score (nSPS) is 13.3. The van der Waals surface area contributed by atoms with Gasteiger partial charge in [-0.2, -0.15) is 5.26 Å². The summed E-state index contributed by atoms with van der Waals surface area (Å²) in [6.45, 7) is 2.22. The molecule has 0 bridgehead atoms. The highest BCUT2D eigenvalue weighted by Gasteiger charge is 2.21. The maximum Gasteiger partial charge on any atom is 0.342 e. The largest absolute Gasteiger partial charge is 0.490 e. The Bertz CT molecular complexity index is 762. The minimum Gasteiger partial charge on any atom is -0.490 e. The van der Waals surface area contributed by atoms with Gasteiger partial charge in [0.1, 0.15) is 30.3 Å². The molecular formula is C19H19N3O3. The third kappa shape index (κ3) is 4.27. The fourth-order valence-corrected chi connectivity index (χ4v) is 2.73. The van der Waals surface area contributed by atoms with Crippen molar-refractivity contribution >= 4 is 11.8 Å². The summed E-state index contributed by atoms with van der Waals surface area (Å²) in [6, 6.07) is 12.3. The van der Waals surface area contributed by atoms with Crippen LogP contribution in [0.25, 0.3) is 0 Å². The smallest absolute Gasteiger partial charge is 0.342 e. The molecule has 0 radical (unpaired) electrons. The number of hydrogen-bond acceptors (Lipinski definition) is 6. The second-order valence-corrected chi connectivity index (χ2v) is 5.69. The van der Waals surface area contributed by atoms with E-state index in [4.69, 9.17) is 14.7 Å². The molecule has 2 heterocycles. The van der Waals surface area contributed by atoms with Crippen LogP contribution >= 0.6 is 0 Å². The second kappa shape index (κ2) is 8.15. The lowest BCUT2D eigenvalue weighted by atomic mass is 10.2. The number of carbonyl (C=O) groups excluding carboxylic acids is 1. The van der Waals surface area contributed by atoms with E-state index in [-0.39, 0.29) is 13.2 Å². The van der Waals surface area contributed by atoms with Gasteiger partial charge in [0, 0.05) is 19.3 Å². The lowest BCUT2D eigenvalue weighted by molar-refractivity contribution is 0.0451. The predicted molar refractivity (Wildman–Crippen MR) is 92.6 cm³/mol. The van der Waals surface area contributed by atoms with E-state index in [9.17, 15) is 4.79 Å². The highest BCUT2D eigenvalue weighted by atomic mass is 16.6. The van der Waals surface area contributed by atoms with E-state index in [2.05, 4.69) is 9.88 Å². The Hall–Kier alpha value is -3.07. The van der Waals surface area contributed by atoms with Crippen molar-refractivity contribution in [1.82, 2.24) is 4.98 Å². The fraction of sp³-hybridized carbons (Fsp3) is 0.316. The third-order valence-corrected chi connectivity index (χ3v) is 3.98. The van der Waals surface area contributed by atoms with Crippen LogP contribution in [0.3, 0.4) is 0 Å². The molecule has 0 saturated carbocycles. The number of rotatable bonds is 6. The predicted octanol–water partition coefficient (Wildman–Crippen LogP) is 2.79. The first-order valence-electron chi connectivity index (χ1n) is 8.28. The maximum atomic E-state index is 12.3. The van der Waals surface area contributed by atoms with E-state index in [0.29, 0.717) is 22.7 Å². The highest BCUT2D eigenvalue weighted by molar-refractivity contribution is 5.94. The van der Waals surface area contributed by atoms with Crippen LogP contribution in [0.15, 0.2) is 42.6 Å². The van der Waals surface area contributed by atoms with Crippen molar-refractivity contribution in [3.63, 3.8) is 0 Å². The summed E-state index contributed by atoms with van der Waals surface area (Å²) in [5.41, 5.74) is 1.06. The molecule has 1 aromatic carbocycles. The molecule has 1 aliphatic heterocycles. The molecule has 128 valence electrons. The van der Waals surface area contributed by atoms with Gasteiger partial charge in [-0.1, -0.05) is 0 Å². The summed E-state index contributed by atoms with van der Waals surface area (Å²) in [5.74, 6) is 0.936. The van der Waals surface area contributed by atoms with Crippen molar-refractivity contribution in [2.75, 3.05) is 31.2 Å². The highest BCUT2D eigenvalue weighted by Crippen LogP contribution is 2.22. The Morgan fingerprint density at radius 1 is 1.16 bits per heavy atom. The number of pyridine rings is 1. The van der Waals surface area contributed by atoms with Crippen LogP contribution in [-0.4, -0.2) is 37.3 Å². The molecule has 1 aromatic heterocycles. The van der Waals surface area contributed by atoms with Gasteiger partial charge < -0.3 is 14.4 Å². The number of anilines is 1. The topological polar surface area (TPSA) is 75.5 Å². The van der Waals surface area contributed by atoms with Crippen LogP contribution in [0.2, 0.25) is 0 Å². The summed E-state index contributed by atoms with van der Waals surface area (Å²) in [4.78, 5) is 18.8. The number of ether oxygens (including phenoxy) is 2. The lowest BCUT2D eigenvalue weighted by Gasteiger charge is -2.19. The number of benzene rings is 1. The summed E-state index contributed by atoms with van der Waals surface area (Å²) in [7, 11) is 0. The Morgan fingerprint density at radius 3 is 2.64 bits per heavy atom. The van der Waals surface area contributed by atoms with Gasteiger partial charge in [0.2, 0.25) is 0 Å². The standard InChI is InChI=1S/C19H19N3O3/c20-14-15-5-7-16(8-6-15)24-12-13-25-19(23)17-4-3-9-21-18(17)22-10-1-2-11-22/h3-9H,1-2,10-13H2. The Kier molecular flexibility index (Phi) is 5.47. The van der Waals surface area contributed by atoms with E-state index in [1.807, 2.05) is 6.07 Å². The number of aromatic nitrogens is 1. The first kappa shape index (κ1) is 16.8. The van der Waals surface area contributed by atoms with Gasteiger partial charge in [0.05, 0.1) is 11.6 Å². The average molecular weight is 337 g/mol. The molecule has 3 rings (SSSR count). The quantitative estimate of drug-likeness (QED) is 0.596. The van der Waals surface area contributed by atoms with Gasteiger partial charge in [0.15, 0.2) is 0 Å². The minimum atomic E-state index is -0.390. The van der Waals surface area contributed by atoms with E-state index >= 15 is 0 Å². The van der Waals surface area contributed by atoms with Crippen LogP contribution in [-0.2, 0) is 4.74 Å². The van der Waals surface area contributed by atoms with E-state index in [0.717, 1.165) is 25.9 Å². The number of esters is 1. The third-order valence-electron chi connectivity index (χ3n) is 3.98. The van der Waals surface area contributed by atoms with Crippen LogP contribution < -0.4 is 9.64 Å². The maximum absolute atomic E-state index is 12.3. The van der Waals surface area contributed by atoms with Gasteiger partial charge in [-0.3, -0.25) is 0 Å². The number of hydrogen-bond donors (Lipinski definition) is 0. The summed E-state index contributed by atoms with van der Waals surface area (Å²) < 4.78 is 10.8. The van der Waals surface area contributed by atoms with E-state index < -0.39 is 5.97 Å². The molecule has 0 aliphatic carbocycles. The molecule has 0 N–H and O–H groups in total. The number of nitrogens with zero attached hydrogens (tertiary/aromatic N) is 3. The zero-order chi connectivity index (χ0) is 17.5. The molecule has 1 aliphatic rings. The van der Waals surface area contributed by atoms with Crippen LogP contribution in [0.1, 0.15) is 28.8 Å². The molecule has 1 saturated heterocycles. The SMILES string of the molecule is N#Cc1ccc(OCCOC(=O)c2cccnc2N2CCCC2)cc1. The van der Waals surface area contributed by atoms with Crippen molar-refractivity contribution < 1.29 is 14.3 Å². The summed E-state index contributed by atoms with van der Waals surface area (Å²) in [5, 5.41) is 8.76. The zero-order valence-electron chi connectivity index (χ0n) is 13.9. The van der Waals surface area contributed by atoms with Gasteiger partial charge >= 0.3 is 5.97 Å². The molecule has 25 heavy (non-hydrogen) atoms. The van der Waals surface area contributed by atoms with Crippen LogP contribution in [0.5, 0.6) is 5.75 Å². The summed E-state index contributed by atoms with van der Waals surface area (Å²) >= 11 is 0. The van der Waals surface area contributed by atoms with Gasteiger partial charge in [-0.15, -0.1) is 0 Å². The van der Waals surface area contributed by atoms with Crippen LogP contribution in [0, 0.1) is 11.3 Å². The second-order valence-electron chi connectivity index (χ2n) is 5.69. The van der Waals surface area contributed by atoms with Crippen molar-refractivity contribution in [3.05, 3.63) is 53.7 Å². The molecule has 1 fully saturated rings. The first-order valence-corrected chi connectivity index (χ1v) is 8.28. The number of nitriles is 1. The Balaban J connectivity index is 1.52. The Morgan fingerprint density at radius 2 is 1.92 bits per heavy atom. The van der Waals surface area contributed by atoms with Gasteiger partial charge in [-0.25, -0.2) is 9.78 Å². The fourth-order valence-electron chi connectivity index (χ4n) is 2.73. The van der Waals surface area contributed by atoms with Gasteiger partial charge in [-0.05, 0) is 49.2 Å². The summed E-state index contributed by atoms with van der Waals surface area (Å²) in [6.07, 6.45) is 3.92. The molecule has 6 heteroatoms. The van der Waals surface area contributed by atoms with Crippen LogP contribution in [0.4, 0.5) is 5.82 Å². The lowest BCUT2D eigenvalue weighted by Crippen LogP contribution is -2.23. The molecule has 0 atom stereocenters. The first-order chi connectivity index (χ1) is 12.3. The van der Waals surface area contributed by atoms with Crippen molar-refractivity contribution in [1.29, 1.82) is 5.26 Å². The molecule has 2 aromatic rings. The minimum absolute atomic E-state index is 0.146. The molecule has 0 amide bonds. The Labute approximate surface area is 146 Å². The monoisotopic (exact) mass is 337 g/mol. The number of carbonyl (C=O) groups is 1. The van der Waals surface area contributed by atoms with Gasteiger partial charge in [0.25, 0.3) is 0 Å². The zero-order valence-corrected chi connectivity index (χ0v) is 13.9. The molecule has 0 spiro atoms. The average Bonchev–Trinajstić information content (AvgIpc) is 3.20. The van der Waals surface area contributed by atoms with Crippen molar-refractivity contribution in [2.45, 2.75) is 12.8 Å². The van der Waals surface area contributed by atoms with Crippen molar-refractivity contribution in [3.8, 4) is 11.8 Å². The molecular weight excluding hydrogens is 318 g/mol. The van der Waals surface area contributed by atoms with E-state index in [1.165, 1.54) is 0 Å². The van der Waals surface area contributed by atoms with Crippen molar-refractivity contribution in [2.24, 2.45) is 0 Å². The molecule has 0 unspecified atom stereocenters.